The molecule has 7 heteroatoms. The van der Waals surface area contributed by atoms with Gasteiger partial charge in [0.15, 0.2) is 0 Å². The van der Waals surface area contributed by atoms with Crippen LogP contribution in [0.3, 0.4) is 0 Å². The maximum atomic E-state index is 12.8. The van der Waals surface area contributed by atoms with Crippen molar-refractivity contribution in [1.82, 2.24) is 5.43 Å². The molecule has 2 aromatic carbocycles. The maximum Gasteiger partial charge on any atom is 0.332 e. The molecule has 3 amide bonds. The second-order valence-electron chi connectivity index (χ2n) is 4.71. The molecule has 0 bridgehead atoms. The van der Waals surface area contributed by atoms with Crippen LogP contribution in [0.15, 0.2) is 53.6 Å². The van der Waals surface area contributed by atoms with Crippen LogP contribution in [0.1, 0.15) is 22.8 Å². The number of nitrogens with two attached hydrogens (primary N) is 1. The molecule has 0 saturated carbocycles. The summed E-state index contributed by atoms with van der Waals surface area (Å²) in [7, 11) is 0. The summed E-state index contributed by atoms with van der Waals surface area (Å²) in [5, 5.41) is 6.51. The van der Waals surface area contributed by atoms with Crippen molar-refractivity contribution in [2.45, 2.75) is 6.92 Å². The third-order valence-electron chi connectivity index (χ3n) is 3.00. The number of carbonyl (C=O) groups excluding carboxylic acids is 2. The molecule has 2 rings (SSSR count). The Balaban J connectivity index is 2.05. The molecule has 0 fully saturated rings. The quantitative estimate of drug-likeness (QED) is 0.597. The molecule has 4 N–H and O–H groups in total. The minimum Gasteiger partial charge on any atom is -0.350 e. The van der Waals surface area contributed by atoms with E-state index in [1.54, 1.807) is 31.2 Å². The van der Waals surface area contributed by atoms with Crippen molar-refractivity contribution in [3.8, 4) is 0 Å². The standard InChI is InChI=1S/C16H15FN4O2/c1-10(20-21-16(18)23)11-4-8-14(9-5-11)19-15(22)12-2-6-13(17)7-3-12/h2-9H,1H3,(H,19,22)(H3,18,21,23)/b20-10-. The van der Waals surface area contributed by atoms with Crippen LogP contribution >= 0.6 is 0 Å². The molecule has 0 aliphatic carbocycles. The molecule has 0 heterocycles. The normalized spacial score (nSPS) is 11.0. The minimum atomic E-state index is -0.743. The lowest BCUT2D eigenvalue weighted by atomic mass is 10.1. The monoisotopic (exact) mass is 314 g/mol. The number of rotatable bonds is 4. The van der Waals surface area contributed by atoms with Crippen molar-refractivity contribution >= 4 is 23.3 Å². The van der Waals surface area contributed by atoms with Crippen molar-refractivity contribution < 1.29 is 14.0 Å². The Bertz CT molecular complexity index is 740. The Kier molecular flexibility index (Phi) is 5.03. The Morgan fingerprint density at radius 3 is 2.13 bits per heavy atom. The molecule has 0 unspecified atom stereocenters. The van der Waals surface area contributed by atoms with Crippen LogP contribution in [-0.2, 0) is 0 Å². The lowest BCUT2D eigenvalue weighted by Gasteiger charge is -2.07. The fraction of sp³-hybridized carbons (Fsp3) is 0.0625. The predicted molar refractivity (Wildman–Crippen MR) is 85.7 cm³/mol. The third-order valence-corrected chi connectivity index (χ3v) is 3.00. The smallest absolute Gasteiger partial charge is 0.332 e. The SMILES string of the molecule is C/C(=N/NC(N)=O)c1ccc(NC(=O)c2ccc(F)cc2)cc1. The first kappa shape index (κ1) is 16.2. The van der Waals surface area contributed by atoms with Crippen molar-refractivity contribution in [2.75, 3.05) is 5.32 Å². The average Bonchev–Trinajstić information content (AvgIpc) is 2.54. The van der Waals surface area contributed by atoms with E-state index < -0.39 is 11.8 Å². The van der Waals surface area contributed by atoms with Crippen molar-refractivity contribution in [3.05, 3.63) is 65.5 Å². The largest absolute Gasteiger partial charge is 0.350 e. The van der Waals surface area contributed by atoms with Gasteiger partial charge in [-0.3, -0.25) is 4.79 Å². The van der Waals surface area contributed by atoms with Crippen LogP contribution in [0.2, 0.25) is 0 Å². The highest BCUT2D eigenvalue weighted by Gasteiger charge is 2.06. The van der Waals surface area contributed by atoms with E-state index in [4.69, 9.17) is 5.73 Å². The number of amides is 3. The van der Waals surface area contributed by atoms with Gasteiger partial charge < -0.3 is 11.1 Å². The number of anilines is 1. The van der Waals surface area contributed by atoms with Gasteiger partial charge in [-0.2, -0.15) is 5.10 Å². The van der Waals surface area contributed by atoms with Gasteiger partial charge in [0.1, 0.15) is 5.82 Å². The van der Waals surface area contributed by atoms with Crippen molar-refractivity contribution in [2.24, 2.45) is 10.8 Å². The fourth-order valence-electron chi connectivity index (χ4n) is 1.80. The molecule has 6 nitrogen and oxygen atoms in total. The van der Waals surface area contributed by atoms with Gasteiger partial charge in [-0.15, -0.1) is 0 Å². The van der Waals surface area contributed by atoms with E-state index in [0.717, 1.165) is 5.56 Å². The maximum absolute atomic E-state index is 12.8. The lowest BCUT2D eigenvalue weighted by Crippen LogP contribution is -2.25. The van der Waals surface area contributed by atoms with Gasteiger partial charge in [0.2, 0.25) is 0 Å². The van der Waals surface area contributed by atoms with E-state index >= 15 is 0 Å². The zero-order chi connectivity index (χ0) is 16.8. The summed E-state index contributed by atoms with van der Waals surface area (Å²) in [6.07, 6.45) is 0. The van der Waals surface area contributed by atoms with E-state index in [1.165, 1.54) is 24.3 Å². The Morgan fingerprint density at radius 1 is 1.00 bits per heavy atom. The number of hydrogen-bond acceptors (Lipinski definition) is 3. The number of carbonyl (C=O) groups is 2. The Hall–Kier alpha value is -3.22. The zero-order valence-corrected chi connectivity index (χ0v) is 12.3. The number of halogens is 1. The highest BCUT2D eigenvalue weighted by molar-refractivity contribution is 6.04. The number of nitrogens with zero attached hydrogens (tertiary/aromatic N) is 1. The Morgan fingerprint density at radius 2 is 1.57 bits per heavy atom. The summed E-state index contributed by atoms with van der Waals surface area (Å²) >= 11 is 0. The summed E-state index contributed by atoms with van der Waals surface area (Å²) in [4.78, 5) is 22.6. The number of benzene rings is 2. The first-order valence-electron chi connectivity index (χ1n) is 6.73. The van der Waals surface area contributed by atoms with Gasteiger partial charge >= 0.3 is 6.03 Å². The van der Waals surface area contributed by atoms with E-state index in [-0.39, 0.29) is 5.91 Å². The van der Waals surface area contributed by atoms with E-state index in [0.29, 0.717) is 17.0 Å². The zero-order valence-electron chi connectivity index (χ0n) is 12.3. The summed E-state index contributed by atoms with van der Waals surface area (Å²) in [5.74, 6) is -0.733. The molecule has 2 aromatic rings. The predicted octanol–water partition coefficient (Wildman–Crippen LogP) is 2.47. The first-order valence-corrected chi connectivity index (χ1v) is 6.73. The summed E-state index contributed by atoms with van der Waals surface area (Å²) in [5.41, 5.74) is 9.35. The van der Waals surface area contributed by atoms with Crippen LogP contribution < -0.4 is 16.5 Å². The van der Waals surface area contributed by atoms with Gasteiger partial charge in [-0.1, -0.05) is 12.1 Å². The highest BCUT2D eigenvalue weighted by Crippen LogP contribution is 2.12. The van der Waals surface area contributed by atoms with Gasteiger partial charge in [0, 0.05) is 11.3 Å². The summed E-state index contributed by atoms with van der Waals surface area (Å²) in [6, 6.07) is 11.4. The summed E-state index contributed by atoms with van der Waals surface area (Å²) in [6.45, 7) is 1.71. The Labute approximate surface area is 132 Å². The van der Waals surface area contributed by atoms with E-state index in [2.05, 4.69) is 15.8 Å². The third kappa shape index (κ3) is 4.63. The second kappa shape index (κ2) is 7.17. The molecule has 23 heavy (non-hydrogen) atoms. The average molecular weight is 314 g/mol. The number of nitrogens with one attached hydrogen (secondary N) is 2. The van der Waals surface area contributed by atoms with Crippen LogP contribution in [0.4, 0.5) is 14.9 Å². The molecule has 0 aliphatic rings. The van der Waals surface area contributed by atoms with E-state index in [9.17, 15) is 14.0 Å². The van der Waals surface area contributed by atoms with Gasteiger partial charge in [-0.25, -0.2) is 14.6 Å². The van der Waals surface area contributed by atoms with Gasteiger partial charge in [0.05, 0.1) is 5.71 Å². The molecular formula is C16H15FN4O2. The molecule has 0 radical (unpaired) electrons. The molecule has 118 valence electrons. The second-order valence-corrected chi connectivity index (χ2v) is 4.71. The molecule has 0 aromatic heterocycles. The van der Waals surface area contributed by atoms with Crippen molar-refractivity contribution in [1.29, 1.82) is 0 Å². The highest BCUT2D eigenvalue weighted by atomic mass is 19.1. The molecule has 0 saturated heterocycles. The molecule has 0 aliphatic heterocycles. The van der Waals surface area contributed by atoms with Gasteiger partial charge in [0.25, 0.3) is 5.91 Å². The fourth-order valence-corrected chi connectivity index (χ4v) is 1.80. The van der Waals surface area contributed by atoms with Crippen LogP contribution in [0.5, 0.6) is 0 Å². The van der Waals surface area contributed by atoms with E-state index in [1.807, 2.05) is 0 Å². The minimum absolute atomic E-state index is 0.335. The number of urea groups is 1. The van der Waals surface area contributed by atoms with Crippen LogP contribution in [-0.4, -0.2) is 17.6 Å². The summed E-state index contributed by atoms with van der Waals surface area (Å²) < 4.78 is 12.8. The lowest BCUT2D eigenvalue weighted by molar-refractivity contribution is 0.102. The van der Waals surface area contributed by atoms with Crippen LogP contribution in [0.25, 0.3) is 0 Å². The van der Waals surface area contributed by atoms with Gasteiger partial charge in [-0.05, 0) is 48.9 Å². The number of primary amides is 1. The molecule has 0 atom stereocenters. The topological polar surface area (TPSA) is 96.6 Å². The molecular weight excluding hydrogens is 299 g/mol. The molecule has 0 spiro atoms. The first-order chi connectivity index (χ1) is 11.0. The van der Waals surface area contributed by atoms with Crippen molar-refractivity contribution in [3.63, 3.8) is 0 Å². The number of hydrogen-bond donors (Lipinski definition) is 3. The van der Waals surface area contributed by atoms with Crippen LogP contribution in [0, 0.1) is 5.82 Å². The number of hydrazone groups is 1.